The van der Waals surface area contributed by atoms with E-state index >= 15 is 0 Å². The molecule has 19 heavy (non-hydrogen) atoms. The smallest absolute Gasteiger partial charge is 0.0360 e. The van der Waals surface area contributed by atoms with E-state index in [0.29, 0.717) is 6.04 Å². The molecule has 0 bridgehead atoms. The molecule has 0 amide bonds. The van der Waals surface area contributed by atoms with Gasteiger partial charge in [0.05, 0.1) is 0 Å². The molecule has 0 aliphatic rings. The highest BCUT2D eigenvalue weighted by atomic mass is 14.9. The first-order valence-corrected chi connectivity index (χ1v) is 7.19. The maximum Gasteiger partial charge on any atom is 0.0360 e. The first-order valence-electron chi connectivity index (χ1n) is 7.19. The summed E-state index contributed by atoms with van der Waals surface area (Å²) in [6.07, 6.45) is 2.14. The number of nitrogens with one attached hydrogen (secondary N) is 1. The van der Waals surface area contributed by atoms with Crippen LogP contribution in [-0.4, -0.2) is 6.54 Å². The molecule has 1 atom stereocenters. The van der Waals surface area contributed by atoms with E-state index in [0.717, 1.165) is 19.4 Å². The molecule has 1 nitrogen and oxygen atoms in total. The SMILES string of the molecule is CCNC(Cc1ccccc1)c1cccc(CC)c1. The van der Waals surface area contributed by atoms with E-state index in [2.05, 4.69) is 73.8 Å². The zero-order chi connectivity index (χ0) is 13.5. The van der Waals surface area contributed by atoms with Gasteiger partial charge in [-0.25, -0.2) is 0 Å². The molecule has 0 aromatic heterocycles. The van der Waals surface area contributed by atoms with Crippen molar-refractivity contribution in [1.82, 2.24) is 5.32 Å². The summed E-state index contributed by atoms with van der Waals surface area (Å²) in [5.41, 5.74) is 4.19. The van der Waals surface area contributed by atoms with Gasteiger partial charge in [-0.05, 0) is 36.1 Å². The van der Waals surface area contributed by atoms with Crippen molar-refractivity contribution in [2.24, 2.45) is 0 Å². The molecule has 0 aliphatic carbocycles. The molecule has 100 valence electrons. The van der Waals surface area contributed by atoms with E-state index in [1.54, 1.807) is 0 Å². The topological polar surface area (TPSA) is 12.0 Å². The van der Waals surface area contributed by atoms with Crippen LogP contribution in [0.5, 0.6) is 0 Å². The Morgan fingerprint density at radius 2 is 1.63 bits per heavy atom. The van der Waals surface area contributed by atoms with Crippen LogP contribution in [0, 0.1) is 0 Å². The number of rotatable bonds is 6. The van der Waals surface area contributed by atoms with Crippen LogP contribution in [0.25, 0.3) is 0 Å². The van der Waals surface area contributed by atoms with Crippen LogP contribution in [-0.2, 0) is 12.8 Å². The molecular formula is C18H23N. The predicted octanol–water partition coefficient (Wildman–Crippen LogP) is 4.14. The largest absolute Gasteiger partial charge is 0.310 e. The molecule has 0 fully saturated rings. The molecule has 2 aromatic carbocycles. The van der Waals surface area contributed by atoms with Crippen molar-refractivity contribution >= 4 is 0 Å². The van der Waals surface area contributed by atoms with Crippen LogP contribution in [0.2, 0.25) is 0 Å². The zero-order valence-electron chi connectivity index (χ0n) is 11.9. The Labute approximate surface area is 116 Å². The van der Waals surface area contributed by atoms with E-state index in [-0.39, 0.29) is 0 Å². The maximum atomic E-state index is 3.60. The van der Waals surface area contributed by atoms with Gasteiger partial charge < -0.3 is 5.32 Å². The van der Waals surface area contributed by atoms with Crippen LogP contribution in [0.1, 0.15) is 36.6 Å². The Balaban J connectivity index is 2.19. The molecule has 0 aliphatic heterocycles. The van der Waals surface area contributed by atoms with Gasteiger partial charge >= 0.3 is 0 Å². The van der Waals surface area contributed by atoms with Crippen molar-refractivity contribution in [2.75, 3.05) is 6.54 Å². The fraction of sp³-hybridized carbons (Fsp3) is 0.333. The van der Waals surface area contributed by atoms with Gasteiger partial charge in [0.2, 0.25) is 0 Å². The molecule has 1 N–H and O–H groups in total. The lowest BCUT2D eigenvalue weighted by atomic mass is 9.97. The standard InChI is InChI=1S/C18H23N/c1-3-15-11-8-12-17(13-15)18(19-4-2)14-16-9-6-5-7-10-16/h5-13,18-19H,3-4,14H2,1-2H3. The lowest BCUT2D eigenvalue weighted by Crippen LogP contribution is -2.23. The molecule has 0 heterocycles. The summed E-state index contributed by atoms with van der Waals surface area (Å²) >= 11 is 0. The van der Waals surface area contributed by atoms with Gasteiger partial charge in [0.1, 0.15) is 0 Å². The highest BCUT2D eigenvalue weighted by molar-refractivity contribution is 5.28. The minimum absolute atomic E-state index is 0.402. The average Bonchev–Trinajstić information content (AvgIpc) is 2.48. The summed E-state index contributed by atoms with van der Waals surface area (Å²) in [6, 6.07) is 20.0. The number of likely N-dealkylation sites (N-methyl/N-ethyl adjacent to an activating group) is 1. The summed E-state index contributed by atoms with van der Waals surface area (Å²) in [6.45, 7) is 5.37. The van der Waals surface area contributed by atoms with Crippen LogP contribution < -0.4 is 5.32 Å². The number of hydrogen-bond acceptors (Lipinski definition) is 1. The Hall–Kier alpha value is -1.60. The molecule has 0 saturated carbocycles. The monoisotopic (exact) mass is 253 g/mol. The first-order chi connectivity index (χ1) is 9.33. The molecule has 1 unspecified atom stereocenters. The van der Waals surface area contributed by atoms with Gasteiger partial charge in [0, 0.05) is 6.04 Å². The van der Waals surface area contributed by atoms with Crippen LogP contribution >= 0.6 is 0 Å². The van der Waals surface area contributed by atoms with Crippen molar-refractivity contribution in [3.63, 3.8) is 0 Å². The molecule has 0 spiro atoms. The summed E-state index contributed by atoms with van der Waals surface area (Å²) in [4.78, 5) is 0. The molecule has 2 rings (SSSR count). The Bertz CT molecular complexity index is 490. The lowest BCUT2D eigenvalue weighted by molar-refractivity contribution is 0.549. The highest BCUT2D eigenvalue weighted by Crippen LogP contribution is 2.19. The fourth-order valence-electron chi connectivity index (χ4n) is 2.43. The number of hydrogen-bond donors (Lipinski definition) is 1. The van der Waals surface area contributed by atoms with Crippen molar-refractivity contribution < 1.29 is 0 Å². The van der Waals surface area contributed by atoms with E-state index in [4.69, 9.17) is 0 Å². The minimum atomic E-state index is 0.402. The zero-order valence-corrected chi connectivity index (χ0v) is 11.9. The second-order valence-electron chi connectivity index (χ2n) is 4.90. The second kappa shape index (κ2) is 7.10. The molecule has 1 heteroatoms. The third-order valence-corrected chi connectivity index (χ3v) is 3.49. The fourth-order valence-corrected chi connectivity index (χ4v) is 2.43. The third kappa shape index (κ3) is 3.93. The summed E-state index contributed by atoms with van der Waals surface area (Å²) in [5.74, 6) is 0. The number of benzene rings is 2. The molecule has 2 aromatic rings. The van der Waals surface area contributed by atoms with Gasteiger partial charge in [0.25, 0.3) is 0 Å². The highest BCUT2D eigenvalue weighted by Gasteiger charge is 2.11. The first kappa shape index (κ1) is 13.8. The Morgan fingerprint density at radius 3 is 2.32 bits per heavy atom. The summed E-state index contributed by atoms with van der Waals surface area (Å²) < 4.78 is 0. The van der Waals surface area contributed by atoms with E-state index in [1.807, 2.05) is 0 Å². The Morgan fingerprint density at radius 1 is 0.895 bits per heavy atom. The minimum Gasteiger partial charge on any atom is -0.310 e. The summed E-state index contributed by atoms with van der Waals surface area (Å²) in [7, 11) is 0. The van der Waals surface area contributed by atoms with Gasteiger partial charge in [-0.1, -0.05) is 68.4 Å². The Kier molecular flexibility index (Phi) is 5.17. The van der Waals surface area contributed by atoms with E-state index in [9.17, 15) is 0 Å². The van der Waals surface area contributed by atoms with Gasteiger partial charge in [-0.3, -0.25) is 0 Å². The average molecular weight is 253 g/mol. The van der Waals surface area contributed by atoms with Gasteiger partial charge in [0.15, 0.2) is 0 Å². The van der Waals surface area contributed by atoms with Gasteiger partial charge in [-0.2, -0.15) is 0 Å². The predicted molar refractivity (Wildman–Crippen MR) is 82.4 cm³/mol. The summed E-state index contributed by atoms with van der Waals surface area (Å²) in [5, 5.41) is 3.60. The second-order valence-corrected chi connectivity index (χ2v) is 4.90. The quantitative estimate of drug-likeness (QED) is 0.815. The van der Waals surface area contributed by atoms with Crippen molar-refractivity contribution in [1.29, 1.82) is 0 Å². The molecule has 0 radical (unpaired) electrons. The van der Waals surface area contributed by atoms with Gasteiger partial charge in [-0.15, -0.1) is 0 Å². The normalized spacial score (nSPS) is 12.3. The van der Waals surface area contributed by atoms with Crippen LogP contribution in [0.3, 0.4) is 0 Å². The van der Waals surface area contributed by atoms with Crippen molar-refractivity contribution in [2.45, 2.75) is 32.7 Å². The van der Waals surface area contributed by atoms with Crippen molar-refractivity contribution in [3.8, 4) is 0 Å². The molecule has 0 saturated heterocycles. The van der Waals surface area contributed by atoms with E-state index in [1.165, 1.54) is 16.7 Å². The molecular weight excluding hydrogens is 230 g/mol. The number of aryl methyl sites for hydroxylation is 1. The maximum absolute atomic E-state index is 3.60. The lowest BCUT2D eigenvalue weighted by Gasteiger charge is -2.19. The van der Waals surface area contributed by atoms with Crippen LogP contribution in [0.15, 0.2) is 54.6 Å². The third-order valence-electron chi connectivity index (χ3n) is 3.49. The van der Waals surface area contributed by atoms with E-state index < -0.39 is 0 Å². The van der Waals surface area contributed by atoms with Crippen LogP contribution in [0.4, 0.5) is 0 Å². The van der Waals surface area contributed by atoms with Crippen molar-refractivity contribution in [3.05, 3.63) is 71.3 Å².